The van der Waals surface area contributed by atoms with Crippen LogP contribution in [0.15, 0.2) is 12.4 Å². The first-order valence-corrected chi connectivity index (χ1v) is 7.78. The molecule has 3 N–H and O–H groups in total. The lowest BCUT2D eigenvalue weighted by molar-refractivity contribution is 0.254. The number of aromatic nitrogens is 2. The minimum absolute atomic E-state index is 0.279. The van der Waals surface area contributed by atoms with Crippen LogP contribution in [-0.4, -0.2) is 34.3 Å². The van der Waals surface area contributed by atoms with Crippen LogP contribution in [0.1, 0.15) is 38.5 Å². The fourth-order valence-electron chi connectivity index (χ4n) is 3.03. The second-order valence-electron chi connectivity index (χ2n) is 6.07. The number of aliphatic hydroxyl groups is 1. The molecule has 20 heavy (non-hydrogen) atoms. The maximum absolute atomic E-state index is 9.12. The number of hydrogen-bond donors (Lipinski definition) is 3. The molecular formula is C15H24N4O. The van der Waals surface area contributed by atoms with Gasteiger partial charge in [0.05, 0.1) is 0 Å². The first-order chi connectivity index (χ1) is 9.85. The Balaban J connectivity index is 1.56. The molecule has 2 aliphatic rings. The largest absolute Gasteiger partial charge is 0.396 e. The number of hydrogen-bond acceptors (Lipinski definition) is 5. The van der Waals surface area contributed by atoms with E-state index in [1.54, 1.807) is 6.33 Å². The summed E-state index contributed by atoms with van der Waals surface area (Å²) in [5.41, 5.74) is 0. The van der Waals surface area contributed by atoms with Gasteiger partial charge in [0.25, 0.3) is 0 Å². The Kier molecular flexibility index (Phi) is 4.35. The van der Waals surface area contributed by atoms with Gasteiger partial charge < -0.3 is 15.7 Å². The average molecular weight is 276 g/mol. The molecule has 0 aliphatic heterocycles. The zero-order valence-electron chi connectivity index (χ0n) is 11.9. The molecule has 2 aliphatic carbocycles. The van der Waals surface area contributed by atoms with Crippen LogP contribution in [-0.2, 0) is 0 Å². The molecule has 0 amide bonds. The molecule has 0 spiro atoms. The van der Waals surface area contributed by atoms with Gasteiger partial charge in [-0.3, -0.25) is 0 Å². The van der Waals surface area contributed by atoms with Crippen molar-refractivity contribution in [3.63, 3.8) is 0 Å². The predicted octanol–water partition coefficient (Wildman–Crippen LogP) is 2.26. The van der Waals surface area contributed by atoms with Gasteiger partial charge in [-0.25, -0.2) is 9.97 Å². The molecule has 2 unspecified atom stereocenters. The lowest BCUT2D eigenvalue weighted by atomic mass is 10.0. The normalized spacial score (nSPS) is 25.6. The fourth-order valence-corrected chi connectivity index (χ4v) is 3.03. The van der Waals surface area contributed by atoms with Crippen molar-refractivity contribution in [2.45, 2.75) is 44.6 Å². The van der Waals surface area contributed by atoms with Crippen molar-refractivity contribution in [1.82, 2.24) is 9.97 Å². The molecule has 0 radical (unpaired) electrons. The fraction of sp³-hybridized carbons (Fsp3) is 0.733. The van der Waals surface area contributed by atoms with Gasteiger partial charge in [-0.2, -0.15) is 0 Å². The lowest BCUT2D eigenvalue weighted by Crippen LogP contribution is -2.25. The van der Waals surface area contributed by atoms with Gasteiger partial charge in [-0.05, 0) is 43.9 Å². The van der Waals surface area contributed by atoms with Gasteiger partial charge in [0, 0.05) is 25.3 Å². The molecule has 2 saturated carbocycles. The molecule has 0 aromatic carbocycles. The molecule has 1 heterocycles. The molecule has 110 valence electrons. The van der Waals surface area contributed by atoms with Crippen LogP contribution >= 0.6 is 0 Å². The molecular weight excluding hydrogens is 252 g/mol. The van der Waals surface area contributed by atoms with Crippen molar-refractivity contribution in [2.24, 2.45) is 11.8 Å². The summed E-state index contributed by atoms with van der Waals surface area (Å²) in [7, 11) is 0. The van der Waals surface area contributed by atoms with Crippen molar-refractivity contribution in [3.05, 3.63) is 12.4 Å². The third-order valence-corrected chi connectivity index (χ3v) is 4.43. The first kappa shape index (κ1) is 13.6. The molecule has 5 nitrogen and oxygen atoms in total. The van der Waals surface area contributed by atoms with Crippen LogP contribution in [0.2, 0.25) is 0 Å². The molecule has 1 aromatic heterocycles. The van der Waals surface area contributed by atoms with E-state index in [1.807, 2.05) is 6.07 Å². The molecule has 1 aromatic rings. The van der Waals surface area contributed by atoms with Crippen LogP contribution in [0.4, 0.5) is 11.6 Å². The summed E-state index contributed by atoms with van der Waals surface area (Å²) < 4.78 is 0. The summed E-state index contributed by atoms with van der Waals surface area (Å²) in [6, 6.07) is 2.44. The summed E-state index contributed by atoms with van der Waals surface area (Å²) >= 11 is 0. The average Bonchev–Trinajstić information content (AvgIpc) is 3.20. The summed E-state index contributed by atoms with van der Waals surface area (Å²) in [6.45, 7) is 1.30. The van der Waals surface area contributed by atoms with E-state index in [9.17, 15) is 0 Å². The maximum atomic E-state index is 9.12. The van der Waals surface area contributed by atoms with Crippen molar-refractivity contribution in [1.29, 1.82) is 0 Å². The van der Waals surface area contributed by atoms with Gasteiger partial charge in [0.1, 0.15) is 18.0 Å². The number of rotatable bonds is 7. The van der Waals surface area contributed by atoms with E-state index >= 15 is 0 Å². The zero-order chi connectivity index (χ0) is 13.8. The third kappa shape index (κ3) is 3.60. The van der Waals surface area contributed by atoms with Crippen LogP contribution in [0.25, 0.3) is 0 Å². The van der Waals surface area contributed by atoms with Crippen molar-refractivity contribution < 1.29 is 5.11 Å². The van der Waals surface area contributed by atoms with Crippen molar-refractivity contribution >= 4 is 11.6 Å². The van der Waals surface area contributed by atoms with E-state index in [0.717, 1.165) is 30.5 Å². The molecule has 0 saturated heterocycles. The standard InChI is InChI=1S/C15H24N4O/c20-7-6-12-2-1-3-13(12)19-15-8-14(17-10-18-15)16-9-11-4-5-11/h8,10-13,20H,1-7,9H2,(H2,16,17,18,19). The highest BCUT2D eigenvalue weighted by Gasteiger charge is 2.27. The molecule has 2 atom stereocenters. The highest BCUT2D eigenvalue weighted by atomic mass is 16.3. The van der Waals surface area contributed by atoms with Crippen molar-refractivity contribution in [2.75, 3.05) is 23.8 Å². The smallest absolute Gasteiger partial charge is 0.131 e. The number of nitrogens with zero attached hydrogens (tertiary/aromatic N) is 2. The Labute approximate surface area is 120 Å². The van der Waals surface area contributed by atoms with Gasteiger partial charge in [0.2, 0.25) is 0 Å². The Bertz CT molecular complexity index is 436. The summed E-state index contributed by atoms with van der Waals surface area (Å²) in [5.74, 6) is 3.21. The Morgan fingerprint density at radius 1 is 1.15 bits per heavy atom. The molecule has 2 fully saturated rings. The quantitative estimate of drug-likeness (QED) is 0.712. The minimum Gasteiger partial charge on any atom is -0.396 e. The number of nitrogens with one attached hydrogen (secondary N) is 2. The highest BCUT2D eigenvalue weighted by Crippen LogP contribution is 2.31. The second-order valence-corrected chi connectivity index (χ2v) is 6.07. The van der Waals surface area contributed by atoms with Crippen molar-refractivity contribution in [3.8, 4) is 0 Å². The molecule has 5 heteroatoms. The first-order valence-electron chi connectivity index (χ1n) is 7.78. The monoisotopic (exact) mass is 276 g/mol. The predicted molar refractivity (Wildman–Crippen MR) is 79.7 cm³/mol. The minimum atomic E-state index is 0.279. The lowest BCUT2D eigenvalue weighted by Gasteiger charge is -2.21. The second kappa shape index (κ2) is 6.39. The van der Waals surface area contributed by atoms with E-state index in [-0.39, 0.29) is 6.61 Å². The summed E-state index contributed by atoms with van der Waals surface area (Å²) in [4.78, 5) is 8.58. The Hall–Kier alpha value is -1.36. The van der Waals surface area contributed by atoms with E-state index in [0.29, 0.717) is 12.0 Å². The van der Waals surface area contributed by atoms with E-state index in [2.05, 4.69) is 20.6 Å². The van der Waals surface area contributed by atoms with Crippen LogP contribution in [0.3, 0.4) is 0 Å². The van der Waals surface area contributed by atoms with Crippen LogP contribution < -0.4 is 10.6 Å². The Morgan fingerprint density at radius 3 is 2.80 bits per heavy atom. The van der Waals surface area contributed by atoms with Gasteiger partial charge in [0.15, 0.2) is 0 Å². The van der Waals surface area contributed by atoms with E-state index in [4.69, 9.17) is 5.11 Å². The third-order valence-electron chi connectivity index (χ3n) is 4.43. The van der Waals surface area contributed by atoms with Gasteiger partial charge in [-0.15, -0.1) is 0 Å². The summed E-state index contributed by atoms with van der Waals surface area (Å²) in [6.07, 6.45) is 8.79. The molecule has 0 bridgehead atoms. The topological polar surface area (TPSA) is 70.1 Å². The SMILES string of the molecule is OCCC1CCCC1Nc1cc(NCC2CC2)ncn1. The summed E-state index contributed by atoms with van der Waals surface area (Å²) in [5, 5.41) is 16.0. The highest BCUT2D eigenvalue weighted by molar-refractivity contribution is 5.47. The van der Waals surface area contributed by atoms with Crippen LogP contribution in [0.5, 0.6) is 0 Å². The zero-order valence-corrected chi connectivity index (χ0v) is 11.9. The van der Waals surface area contributed by atoms with E-state index < -0.39 is 0 Å². The molecule has 3 rings (SSSR count). The van der Waals surface area contributed by atoms with Gasteiger partial charge in [-0.1, -0.05) is 6.42 Å². The van der Waals surface area contributed by atoms with E-state index in [1.165, 1.54) is 32.1 Å². The maximum Gasteiger partial charge on any atom is 0.131 e. The van der Waals surface area contributed by atoms with Gasteiger partial charge >= 0.3 is 0 Å². The number of anilines is 2. The van der Waals surface area contributed by atoms with Crippen LogP contribution in [0, 0.1) is 11.8 Å². The Morgan fingerprint density at radius 2 is 2.00 bits per heavy atom. The number of aliphatic hydroxyl groups excluding tert-OH is 1.